The minimum atomic E-state index is -0.160. The van der Waals surface area contributed by atoms with Crippen LogP contribution in [0.25, 0.3) is 0 Å². The minimum absolute atomic E-state index is 0.0705. The van der Waals surface area contributed by atoms with Crippen LogP contribution in [0.2, 0.25) is 0 Å². The van der Waals surface area contributed by atoms with Gasteiger partial charge in [0.05, 0.1) is 6.04 Å². The molecule has 0 aliphatic heterocycles. The predicted molar refractivity (Wildman–Crippen MR) is 85.7 cm³/mol. The Morgan fingerprint density at radius 2 is 1.70 bits per heavy atom. The molecule has 0 amide bonds. The second-order valence-corrected chi connectivity index (χ2v) is 6.04. The van der Waals surface area contributed by atoms with Crippen LogP contribution in [0.1, 0.15) is 33.9 Å². The van der Waals surface area contributed by atoms with E-state index in [1.54, 1.807) is 6.92 Å². The van der Waals surface area contributed by atoms with Gasteiger partial charge >= 0.3 is 0 Å². The minimum Gasteiger partial charge on any atom is -0.309 e. The molecule has 2 aromatic carbocycles. The van der Waals surface area contributed by atoms with E-state index in [1.165, 1.54) is 22.8 Å². The van der Waals surface area contributed by atoms with E-state index in [-0.39, 0.29) is 11.9 Å². The summed E-state index contributed by atoms with van der Waals surface area (Å²) in [4.78, 5) is 0. The first-order valence-electron chi connectivity index (χ1n) is 6.64. The molecule has 0 radical (unpaired) electrons. The zero-order chi connectivity index (χ0) is 14.9. The van der Waals surface area contributed by atoms with Crippen LogP contribution >= 0.6 is 15.9 Å². The molecule has 0 heterocycles. The van der Waals surface area contributed by atoms with Crippen molar-refractivity contribution in [3.63, 3.8) is 0 Å². The lowest BCUT2D eigenvalue weighted by Crippen LogP contribution is -2.19. The number of benzene rings is 2. The van der Waals surface area contributed by atoms with E-state index in [1.807, 2.05) is 19.2 Å². The van der Waals surface area contributed by atoms with E-state index in [2.05, 4.69) is 47.2 Å². The third kappa shape index (κ3) is 2.94. The molecule has 0 saturated carbocycles. The molecule has 0 spiro atoms. The Hall–Kier alpha value is -1.19. The first-order chi connectivity index (χ1) is 9.43. The largest absolute Gasteiger partial charge is 0.309 e. The number of hydrogen-bond acceptors (Lipinski definition) is 1. The van der Waals surface area contributed by atoms with Crippen molar-refractivity contribution in [1.82, 2.24) is 5.32 Å². The second-order valence-electron chi connectivity index (χ2n) is 5.19. The predicted octanol–water partition coefficient (Wildman–Crippen LogP) is 4.82. The molecule has 0 bridgehead atoms. The summed E-state index contributed by atoms with van der Waals surface area (Å²) >= 11 is 3.56. The Morgan fingerprint density at radius 3 is 2.30 bits per heavy atom. The SMILES string of the molecule is CNC(c1ccc(F)c(C)c1)c1cc(C)c(Br)cc1C. The van der Waals surface area contributed by atoms with Gasteiger partial charge in [0.15, 0.2) is 0 Å². The molecule has 0 aliphatic rings. The van der Waals surface area contributed by atoms with Crippen LogP contribution in [0.5, 0.6) is 0 Å². The van der Waals surface area contributed by atoms with Crippen LogP contribution in [-0.4, -0.2) is 7.05 Å². The summed E-state index contributed by atoms with van der Waals surface area (Å²) in [7, 11) is 1.93. The van der Waals surface area contributed by atoms with Gasteiger partial charge in [0.25, 0.3) is 0 Å². The summed E-state index contributed by atoms with van der Waals surface area (Å²) in [6, 6.07) is 9.68. The molecule has 2 rings (SSSR count). The van der Waals surface area contributed by atoms with Crippen molar-refractivity contribution in [3.05, 3.63) is 68.4 Å². The van der Waals surface area contributed by atoms with Crippen molar-refractivity contribution in [2.24, 2.45) is 0 Å². The maximum atomic E-state index is 13.4. The standard InChI is InChI=1S/C17H19BrFN/c1-10-9-15(18)11(2)8-14(10)17(20-4)13-5-6-16(19)12(3)7-13/h5-9,17,20H,1-4H3. The van der Waals surface area contributed by atoms with Gasteiger partial charge in [-0.3, -0.25) is 0 Å². The Bertz CT molecular complexity index is 637. The first-order valence-corrected chi connectivity index (χ1v) is 7.43. The van der Waals surface area contributed by atoms with Crippen LogP contribution in [-0.2, 0) is 0 Å². The Morgan fingerprint density at radius 1 is 1.00 bits per heavy atom. The fourth-order valence-electron chi connectivity index (χ4n) is 2.46. The highest BCUT2D eigenvalue weighted by atomic mass is 79.9. The number of aryl methyl sites for hydroxylation is 3. The molecule has 1 nitrogen and oxygen atoms in total. The topological polar surface area (TPSA) is 12.0 Å². The van der Waals surface area contributed by atoms with E-state index in [4.69, 9.17) is 0 Å². The van der Waals surface area contributed by atoms with E-state index < -0.39 is 0 Å². The van der Waals surface area contributed by atoms with E-state index >= 15 is 0 Å². The Kier molecular flexibility index (Phi) is 4.61. The number of nitrogens with one attached hydrogen (secondary N) is 1. The van der Waals surface area contributed by atoms with Crippen molar-refractivity contribution in [2.45, 2.75) is 26.8 Å². The highest BCUT2D eigenvalue weighted by molar-refractivity contribution is 9.10. The van der Waals surface area contributed by atoms with Crippen LogP contribution in [0.4, 0.5) is 4.39 Å². The zero-order valence-electron chi connectivity index (χ0n) is 12.2. The summed E-state index contributed by atoms with van der Waals surface area (Å²) in [5.74, 6) is -0.160. The van der Waals surface area contributed by atoms with Crippen LogP contribution in [0, 0.1) is 26.6 Å². The highest BCUT2D eigenvalue weighted by Crippen LogP contribution is 2.29. The average molecular weight is 336 g/mol. The number of halogens is 2. The normalized spacial score (nSPS) is 12.5. The maximum Gasteiger partial charge on any atom is 0.126 e. The van der Waals surface area contributed by atoms with Gasteiger partial charge < -0.3 is 5.32 Å². The quantitative estimate of drug-likeness (QED) is 0.847. The lowest BCUT2D eigenvalue weighted by molar-refractivity contribution is 0.613. The molecule has 20 heavy (non-hydrogen) atoms. The summed E-state index contributed by atoms with van der Waals surface area (Å²) in [6.45, 7) is 5.97. The monoisotopic (exact) mass is 335 g/mol. The smallest absolute Gasteiger partial charge is 0.126 e. The van der Waals surface area contributed by atoms with Crippen molar-refractivity contribution >= 4 is 15.9 Å². The van der Waals surface area contributed by atoms with Gasteiger partial charge in [0.2, 0.25) is 0 Å². The zero-order valence-corrected chi connectivity index (χ0v) is 13.8. The molecular formula is C17H19BrFN. The van der Waals surface area contributed by atoms with Crippen LogP contribution in [0.3, 0.4) is 0 Å². The van der Waals surface area contributed by atoms with Crippen LogP contribution < -0.4 is 5.32 Å². The number of rotatable bonds is 3. The van der Waals surface area contributed by atoms with E-state index in [9.17, 15) is 4.39 Å². The fraction of sp³-hybridized carbons (Fsp3) is 0.294. The summed E-state index contributed by atoms with van der Waals surface area (Å²) in [5, 5.41) is 3.33. The third-order valence-corrected chi connectivity index (χ3v) is 4.52. The first kappa shape index (κ1) is 15.2. The Balaban J connectivity index is 2.52. The molecule has 1 unspecified atom stereocenters. The molecule has 0 aromatic heterocycles. The maximum absolute atomic E-state index is 13.4. The van der Waals surface area contributed by atoms with Crippen molar-refractivity contribution < 1.29 is 4.39 Å². The van der Waals surface area contributed by atoms with E-state index in [0.717, 1.165) is 10.0 Å². The summed E-state index contributed by atoms with van der Waals surface area (Å²) in [6.07, 6.45) is 0. The molecule has 0 fully saturated rings. The lowest BCUT2D eigenvalue weighted by atomic mass is 9.93. The molecule has 2 aromatic rings. The highest BCUT2D eigenvalue weighted by Gasteiger charge is 2.16. The lowest BCUT2D eigenvalue weighted by Gasteiger charge is -2.21. The van der Waals surface area contributed by atoms with Gasteiger partial charge in [-0.15, -0.1) is 0 Å². The average Bonchev–Trinajstić information content (AvgIpc) is 2.40. The van der Waals surface area contributed by atoms with Gasteiger partial charge in [0.1, 0.15) is 5.82 Å². The molecule has 106 valence electrons. The molecular weight excluding hydrogens is 317 g/mol. The molecule has 0 saturated heterocycles. The molecule has 3 heteroatoms. The summed E-state index contributed by atoms with van der Waals surface area (Å²) in [5.41, 5.74) is 5.39. The van der Waals surface area contributed by atoms with Gasteiger partial charge in [-0.1, -0.05) is 34.1 Å². The number of hydrogen-bond donors (Lipinski definition) is 1. The van der Waals surface area contributed by atoms with Gasteiger partial charge in [0, 0.05) is 4.47 Å². The van der Waals surface area contributed by atoms with Gasteiger partial charge in [-0.2, -0.15) is 0 Å². The Labute approximate surface area is 128 Å². The van der Waals surface area contributed by atoms with Crippen molar-refractivity contribution in [3.8, 4) is 0 Å². The van der Waals surface area contributed by atoms with Gasteiger partial charge in [-0.05, 0) is 67.8 Å². The molecule has 1 atom stereocenters. The van der Waals surface area contributed by atoms with Crippen molar-refractivity contribution in [2.75, 3.05) is 7.05 Å². The van der Waals surface area contributed by atoms with Crippen molar-refractivity contribution in [1.29, 1.82) is 0 Å². The summed E-state index contributed by atoms with van der Waals surface area (Å²) < 4.78 is 14.6. The van der Waals surface area contributed by atoms with E-state index in [0.29, 0.717) is 5.56 Å². The van der Waals surface area contributed by atoms with Crippen LogP contribution in [0.15, 0.2) is 34.8 Å². The third-order valence-electron chi connectivity index (χ3n) is 3.66. The van der Waals surface area contributed by atoms with Gasteiger partial charge in [-0.25, -0.2) is 4.39 Å². The molecule has 0 aliphatic carbocycles. The fourth-order valence-corrected chi connectivity index (χ4v) is 2.92. The second kappa shape index (κ2) is 6.06. The molecule has 1 N–H and O–H groups in total.